The average molecular weight is 282 g/mol. The number of hydrogen-bond donors (Lipinski definition) is 2. The lowest BCUT2D eigenvalue weighted by Crippen LogP contribution is -2.47. The van der Waals surface area contributed by atoms with Crippen LogP contribution in [0, 0.1) is 13.8 Å². The number of rotatable bonds is 5. The quantitative estimate of drug-likeness (QED) is 0.869. The highest BCUT2D eigenvalue weighted by molar-refractivity contribution is 5.80. The third kappa shape index (κ3) is 4.01. The van der Waals surface area contributed by atoms with Gasteiger partial charge in [0.05, 0.1) is 6.04 Å². The minimum atomic E-state index is -1.03. The molecule has 0 aromatic carbocycles. The van der Waals surface area contributed by atoms with Gasteiger partial charge in [0.2, 0.25) is 0 Å². The molecule has 0 spiro atoms. The van der Waals surface area contributed by atoms with Crippen molar-refractivity contribution in [3.05, 3.63) is 23.2 Å². The molecule has 1 aromatic heterocycles. The van der Waals surface area contributed by atoms with Crippen molar-refractivity contribution < 1.29 is 19.1 Å². The molecule has 6 nitrogen and oxygen atoms in total. The van der Waals surface area contributed by atoms with Crippen LogP contribution < -0.4 is 5.32 Å². The predicted molar refractivity (Wildman–Crippen MR) is 74.6 cm³/mol. The third-order valence-corrected chi connectivity index (χ3v) is 3.08. The monoisotopic (exact) mass is 282 g/mol. The van der Waals surface area contributed by atoms with Crippen LogP contribution in [-0.4, -0.2) is 34.6 Å². The van der Waals surface area contributed by atoms with Crippen LogP contribution in [0.4, 0.5) is 4.79 Å². The van der Waals surface area contributed by atoms with Crippen LogP contribution in [0.5, 0.6) is 0 Å². The van der Waals surface area contributed by atoms with E-state index in [1.165, 1.54) is 4.90 Å². The standard InChI is InChI=1S/C14H22N2O4/c1-8(2)16(7-13(17)18)14(19)15-10(4)12-6-9(3)20-11(12)5/h6,8,10H,7H2,1-5H3,(H,15,19)(H,17,18). The summed E-state index contributed by atoms with van der Waals surface area (Å²) in [7, 11) is 0. The predicted octanol–water partition coefficient (Wildman–Crippen LogP) is 2.46. The first kappa shape index (κ1) is 16.1. The number of urea groups is 1. The molecule has 112 valence electrons. The number of nitrogens with zero attached hydrogens (tertiary/aromatic N) is 1. The molecule has 6 heteroatoms. The van der Waals surface area contributed by atoms with E-state index in [0.717, 1.165) is 17.1 Å². The topological polar surface area (TPSA) is 82.8 Å². The van der Waals surface area contributed by atoms with Crippen LogP contribution in [0.3, 0.4) is 0 Å². The third-order valence-electron chi connectivity index (χ3n) is 3.08. The SMILES string of the molecule is Cc1cc(C(C)NC(=O)N(CC(=O)O)C(C)C)c(C)o1. The number of amides is 2. The Morgan fingerprint density at radius 2 is 1.95 bits per heavy atom. The van der Waals surface area contributed by atoms with Gasteiger partial charge in [0.1, 0.15) is 18.1 Å². The van der Waals surface area contributed by atoms with Gasteiger partial charge in [0.15, 0.2) is 0 Å². The van der Waals surface area contributed by atoms with Gasteiger partial charge in [-0.25, -0.2) is 4.79 Å². The van der Waals surface area contributed by atoms with Crippen molar-refractivity contribution in [1.29, 1.82) is 0 Å². The van der Waals surface area contributed by atoms with E-state index in [-0.39, 0.29) is 18.6 Å². The van der Waals surface area contributed by atoms with Crippen LogP contribution in [0.2, 0.25) is 0 Å². The Labute approximate surface area is 118 Å². The van der Waals surface area contributed by atoms with Crippen molar-refractivity contribution in [3.8, 4) is 0 Å². The zero-order valence-corrected chi connectivity index (χ0v) is 12.6. The largest absolute Gasteiger partial charge is 0.480 e. The van der Waals surface area contributed by atoms with Gasteiger partial charge in [-0.05, 0) is 40.7 Å². The maximum Gasteiger partial charge on any atom is 0.323 e. The van der Waals surface area contributed by atoms with Crippen molar-refractivity contribution in [1.82, 2.24) is 10.2 Å². The van der Waals surface area contributed by atoms with E-state index in [1.54, 1.807) is 13.8 Å². The molecular formula is C14H22N2O4. The smallest absolute Gasteiger partial charge is 0.323 e. The second kappa shape index (κ2) is 6.45. The molecule has 1 aromatic rings. The summed E-state index contributed by atoms with van der Waals surface area (Å²) in [4.78, 5) is 24.2. The Bertz CT molecular complexity index is 493. The second-order valence-corrected chi connectivity index (χ2v) is 5.16. The zero-order chi connectivity index (χ0) is 15.4. The van der Waals surface area contributed by atoms with Gasteiger partial charge < -0.3 is 19.7 Å². The van der Waals surface area contributed by atoms with Crippen LogP contribution in [0.15, 0.2) is 10.5 Å². The molecule has 1 unspecified atom stereocenters. The van der Waals surface area contributed by atoms with Crippen LogP contribution in [0.25, 0.3) is 0 Å². The molecule has 1 atom stereocenters. The van der Waals surface area contributed by atoms with Crippen molar-refractivity contribution >= 4 is 12.0 Å². The molecule has 0 fully saturated rings. The van der Waals surface area contributed by atoms with E-state index < -0.39 is 12.0 Å². The summed E-state index contributed by atoms with van der Waals surface area (Å²) >= 11 is 0. The first-order valence-corrected chi connectivity index (χ1v) is 6.58. The average Bonchev–Trinajstić information content (AvgIpc) is 2.64. The molecule has 0 aliphatic carbocycles. The van der Waals surface area contributed by atoms with Gasteiger partial charge in [-0.1, -0.05) is 0 Å². The lowest BCUT2D eigenvalue weighted by atomic mass is 10.1. The van der Waals surface area contributed by atoms with Crippen molar-refractivity contribution in [2.24, 2.45) is 0 Å². The fourth-order valence-electron chi connectivity index (χ4n) is 2.06. The molecule has 0 aliphatic heterocycles. The molecule has 0 saturated heterocycles. The lowest BCUT2D eigenvalue weighted by molar-refractivity contribution is -0.138. The number of carboxylic acids is 1. The first-order valence-electron chi connectivity index (χ1n) is 6.58. The van der Waals surface area contributed by atoms with Gasteiger partial charge >= 0.3 is 12.0 Å². The van der Waals surface area contributed by atoms with E-state index in [1.807, 2.05) is 26.8 Å². The minimum Gasteiger partial charge on any atom is -0.480 e. The number of furan rings is 1. The van der Waals surface area contributed by atoms with Gasteiger partial charge in [-0.3, -0.25) is 4.79 Å². The molecule has 1 rings (SSSR count). The highest BCUT2D eigenvalue weighted by Crippen LogP contribution is 2.21. The summed E-state index contributed by atoms with van der Waals surface area (Å²) in [5.74, 6) is 0.506. The summed E-state index contributed by atoms with van der Waals surface area (Å²) < 4.78 is 5.43. The Balaban J connectivity index is 2.77. The van der Waals surface area contributed by atoms with Gasteiger partial charge in [0, 0.05) is 11.6 Å². The minimum absolute atomic E-state index is 0.189. The molecule has 2 amide bonds. The van der Waals surface area contributed by atoms with Crippen molar-refractivity contribution in [2.45, 2.75) is 46.7 Å². The Hall–Kier alpha value is -1.98. The van der Waals surface area contributed by atoms with Gasteiger partial charge in [0.25, 0.3) is 0 Å². The lowest BCUT2D eigenvalue weighted by Gasteiger charge is -2.27. The van der Waals surface area contributed by atoms with E-state index in [0.29, 0.717) is 0 Å². The molecule has 0 saturated carbocycles. The van der Waals surface area contributed by atoms with Crippen molar-refractivity contribution in [2.75, 3.05) is 6.54 Å². The van der Waals surface area contributed by atoms with E-state index in [4.69, 9.17) is 9.52 Å². The summed E-state index contributed by atoms with van der Waals surface area (Å²) in [5.41, 5.74) is 0.898. The maximum atomic E-state index is 12.1. The molecular weight excluding hydrogens is 260 g/mol. The summed E-state index contributed by atoms with van der Waals surface area (Å²) in [6.07, 6.45) is 0. The number of nitrogens with one attached hydrogen (secondary N) is 1. The molecule has 0 bridgehead atoms. The van der Waals surface area contributed by atoms with Gasteiger partial charge in [-0.2, -0.15) is 0 Å². The van der Waals surface area contributed by atoms with Gasteiger partial charge in [-0.15, -0.1) is 0 Å². The highest BCUT2D eigenvalue weighted by atomic mass is 16.4. The number of hydrogen-bond acceptors (Lipinski definition) is 3. The number of aryl methyl sites for hydroxylation is 2. The summed E-state index contributed by atoms with van der Waals surface area (Å²) in [5, 5.41) is 11.6. The number of carbonyl (C=O) groups is 2. The normalized spacial score (nSPS) is 12.3. The van der Waals surface area contributed by atoms with E-state index in [2.05, 4.69) is 5.32 Å². The number of carbonyl (C=O) groups excluding carboxylic acids is 1. The van der Waals surface area contributed by atoms with E-state index >= 15 is 0 Å². The first-order chi connectivity index (χ1) is 9.22. The van der Waals surface area contributed by atoms with Crippen LogP contribution in [-0.2, 0) is 4.79 Å². The van der Waals surface area contributed by atoms with Crippen LogP contribution in [0.1, 0.15) is 43.9 Å². The summed E-state index contributed by atoms with van der Waals surface area (Å²) in [6.45, 7) is 8.76. The fraction of sp³-hybridized carbons (Fsp3) is 0.571. The highest BCUT2D eigenvalue weighted by Gasteiger charge is 2.22. The number of carboxylic acid groups (broad SMARTS) is 1. The molecule has 0 radical (unpaired) electrons. The van der Waals surface area contributed by atoms with Crippen LogP contribution >= 0.6 is 0 Å². The fourth-order valence-corrected chi connectivity index (χ4v) is 2.06. The molecule has 1 heterocycles. The second-order valence-electron chi connectivity index (χ2n) is 5.16. The molecule has 0 aliphatic rings. The van der Waals surface area contributed by atoms with Crippen molar-refractivity contribution in [3.63, 3.8) is 0 Å². The Morgan fingerprint density at radius 1 is 1.35 bits per heavy atom. The number of aliphatic carboxylic acids is 1. The molecule has 20 heavy (non-hydrogen) atoms. The maximum absolute atomic E-state index is 12.1. The molecule has 2 N–H and O–H groups in total. The summed E-state index contributed by atoms with van der Waals surface area (Å²) in [6, 6.07) is 1.05. The Kier molecular flexibility index (Phi) is 5.19. The van der Waals surface area contributed by atoms with E-state index in [9.17, 15) is 9.59 Å². The zero-order valence-electron chi connectivity index (χ0n) is 12.6. The Morgan fingerprint density at radius 3 is 2.35 bits per heavy atom.